The molecule has 176 valence electrons. The summed E-state index contributed by atoms with van der Waals surface area (Å²) in [7, 11) is 0. The van der Waals surface area contributed by atoms with Crippen LogP contribution in [0.2, 0.25) is 15.1 Å². The van der Waals surface area contributed by atoms with Gasteiger partial charge in [-0.2, -0.15) is 0 Å². The minimum absolute atomic E-state index is 0.0845. The number of aromatic nitrogens is 3. The van der Waals surface area contributed by atoms with Crippen molar-refractivity contribution < 1.29 is 9.59 Å². The smallest absolute Gasteiger partial charge is 0.244 e. The SMILES string of the molecule is C=CCn1c(CNC(=O)C=Cc2ccccc2Cl)nnc1SCC(=O)Nc1ccc(Cl)cc1Cl. The number of carbonyl (C=O) groups is 2. The molecule has 1 aromatic heterocycles. The second-order valence-corrected chi connectivity index (χ2v) is 9.03. The summed E-state index contributed by atoms with van der Waals surface area (Å²) in [6, 6.07) is 12.0. The van der Waals surface area contributed by atoms with Crippen molar-refractivity contribution in [2.45, 2.75) is 18.2 Å². The van der Waals surface area contributed by atoms with Crippen LogP contribution in [0, 0.1) is 0 Å². The van der Waals surface area contributed by atoms with Gasteiger partial charge in [-0.1, -0.05) is 70.8 Å². The number of hydrogen-bond donors (Lipinski definition) is 2. The fourth-order valence-corrected chi connectivity index (χ4v) is 4.20. The van der Waals surface area contributed by atoms with Crippen LogP contribution in [0.15, 0.2) is 66.4 Å². The van der Waals surface area contributed by atoms with Crippen LogP contribution in [0.1, 0.15) is 11.4 Å². The molecule has 0 saturated heterocycles. The van der Waals surface area contributed by atoms with Crippen molar-refractivity contribution in [3.05, 3.63) is 87.7 Å². The lowest BCUT2D eigenvalue weighted by Crippen LogP contribution is -2.23. The third-order valence-corrected chi connectivity index (χ3v) is 6.24. The van der Waals surface area contributed by atoms with Crippen LogP contribution < -0.4 is 10.6 Å². The molecule has 2 aromatic carbocycles. The van der Waals surface area contributed by atoms with Gasteiger partial charge in [0.1, 0.15) is 0 Å². The Hall–Kier alpha value is -2.78. The van der Waals surface area contributed by atoms with Gasteiger partial charge >= 0.3 is 0 Å². The van der Waals surface area contributed by atoms with Crippen LogP contribution in [0.5, 0.6) is 0 Å². The van der Waals surface area contributed by atoms with Gasteiger partial charge in [-0.05, 0) is 35.9 Å². The highest BCUT2D eigenvalue weighted by Gasteiger charge is 2.15. The molecule has 0 bridgehead atoms. The molecule has 0 aliphatic heterocycles. The Labute approximate surface area is 216 Å². The maximum atomic E-state index is 12.4. The first-order chi connectivity index (χ1) is 16.4. The maximum Gasteiger partial charge on any atom is 0.244 e. The van der Waals surface area contributed by atoms with Gasteiger partial charge in [0.15, 0.2) is 11.0 Å². The van der Waals surface area contributed by atoms with E-state index in [1.807, 2.05) is 18.2 Å². The predicted octanol–water partition coefficient (Wildman–Crippen LogP) is 5.48. The summed E-state index contributed by atoms with van der Waals surface area (Å²) in [6.07, 6.45) is 4.72. The van der Waals surface area contributed by atoms with E-state index in [0.29, 0.717) is 38.3 Å². The van der Waals surface area contributed by atoms with Crippen molar-refractivity contribution in [1.82, 2.24) is 20.1 Å². The average Bonchev–Trinajstić information content (AvgIpc) is 3.19. The Morgan fingerprint density at radius 2 is 1.88 bits per heavy atom. The Morgan fingerprint density at radius 1 is 1.09 bits per heavy atom. The molecule has 2 N–H and O–H groups in total. The fourth-order valence-electron chi connectivity index (χ4n) is 2.78. The third-order valence-electron chi connectivity index (χ3n) is 4.38. The maximum absolute atomic E-state index is 12.4. The standard InChI is InChI=1S/C23H20Cl3N5O2S/c1-2-11-31-20(13-27-21(32)10-7-15-5-3-4-6-17(15)25)29-30-23(31)34-14-22(33)28-19-9-8-16(24)12-18(19)26/h2-10,12H,1,11,13-14H2,(H,27,32)(H,28,33). The van der Waals surface area contributed by atoms with Crippen LogP contribution in [0.3, 0.4) is 0 Å². The van der Waals surface area contributed by atoms with Gasteiger partial charge in [0.05, 0.1) is 23.0 Å². The van der Waals surface area contributed by atoms with Gasteiger partial charge in [0, 0.05) is 22.7 Å². The number of nitrogens with zero attached hydrogens (tertiary/aromatic N) is 3. The molecule has 2 amide bonds. The normalized spacial score (nSPS) is 10.9. The van der Waals surface area contributed by atoms with E-state index in [9.17, 15) is 9.59 Å². The molecule has 7 nitrogen and oxygen atoms in total. The van der Waals surface area contributed by atoms with Crippen molar-refractivity contribution in [2.75, 3.05) is 11.1 Å². The summed E-state index contributed by atoms with van der Waals surface area (Å²) in [4.78, 5) is 24.6. The summed E-state index contributed by atoms with van der Waals surface area (Å²) >= 11 is 19.3. The lowest BCUT2D eigenvalue weighted by molar-refractivity contribution is -0.116. The topological polar surface area (TPSA) is 88.9 Å². The van der Waals surface area contributed by atoms with E-state index in [1.54, 1.807) is 41.0 Å². The summed E-state index contributed by atoms with van der Waals surface area (Å²) in [5.74, 6) is 0.0488. The van der Waals surface area contributed by atoms with Crippen LogP contribution in [0.25, 0.3) is 6.08 Å². The molecule has 0 atom stereocenters. The Kier molecular flexibility index (Phi) is 9.59. The van der Waals surface area contributed by atoms with Crippen molar-refractivity contribution >= 4 is 70.1 Å². The first kappa shape index (κ1) is 25.8. The van der Waals surface area contributed by atoms with Crippen LogP contribution in [-0.4, -0.2) is 32.3 Å². The fraction of sp³-hybridized carbons (Fsp3) is 0.130. The molecule has 3 rings (SSSR count). The van der Waals surface area contributed by atoms with Crippen LogP contribution >= 0.6 is 46.6 Å². The average molecular weight is 537 g/mol. The Morgan fingerprint density at radius 3 is 2.62 bits per heavy atom. The molecule has 11 heteroatoms. The number of thioether (sulfide) groups is 1. The van der Waals surface area contributed by atoms with E-state index in [0.717, 1.165) is 5.56 Å². The van der Waals surface area contributed by atoms with E-state index < -0.39 is 0 Å². The molecular formula is C23H20Cl3N5O2S. The number of nitrogens with one attached hydrogen (secondary N) is 2. The number of halogens is 3. The summed E-state index contributed by atoms with van der Waals surface area (Å²) < 4.78 is 1.78. The third kappa shape index (κ3) is 7.36. The molecule has 0 saturated carbocycles. The van der Waals surface area contributed by atoms with Crippen molar-refractivity contribution in [3.63, 3.8) is 0 Å². The summed E-state index contributed by atoms with van der Waals surface area (Å²) in [5.41, 5.74) is 1.21. The molecule has 0 radical (unpaired) electrons. The molecule has 0 aliphatic carbocycles. The quantitative estimate of drug-likeness (QED) is 0.203. The lowest BCUT2D eigenvalue weighted by atomic mass is 10.2. The molecule has 0 fully saturated rings. The summed E-state index contributed by atoms with van der Waals surface area (Å²) in [5, 5.41) is 15.7. The number of rotatable bonds is 10. The minimum atomic E-state index is -0.304. The van der Waals surface area contributed by atoms with Gasteiger partial charge in [-0.3, -0.25) is 9.59 Å². The molecular weight excluding hydrogens is 517 g/mol. The van der Waals surface area contributed by atoms with Gasteiger partial charge in [0.25, 0.3) is 0 Å². The number of carbonyl (C=O) groups excluding carboxylic acids is 2. The monoisotopic (exact) mass is 535 g/mol. The molecule has 0 aliphatic rings. The van der Waals surface area contributed by atoms with E-state index in [1.165, 1.54) is 17.8 Å². The Bertz CT molecular complexity index is 1230. The lowest BCUT2D eigenvalue weighted by Gasteiger charge is -2.09. The second-order valence-electron chi connectivity index (χ2n) is 6.83. The highest BCUT2D eigenvalue weighted by molar-refractivity contribution is 7.99. The van der Waals surface area contributed by atoms with Crippen molar-refractivity contribution in [2.24, 2.45) is 0 Å². The van der Waals surface area contributed by atoms with E-state index >= 15 is 0 Å². The zero-order valence-corrected chi connectivity index (χ0v) is 20.9. The number of hydrogen-bond acceptors (Lipinski definition) is 5. The van der Waals surface area contributed by atoms with E-state index in [4.69, 9.17) is 34.8 Å². The number of benzene rings is 2. The molecule has 0 spiro atoms. The molecule has 3 aromatic rings. The van der Waals surface area contributed by atoms with Crippen molar-refractivity contribution in [1.29, 1.82) is 0 Å². The first-order valence-electron chi connectivity index (χ1n) is 9.98. The first-order valence-corrected chi connectivity index (χ1v) is 12.1. The minimum Gasteiger partial charge on any atom is -0.345 e. The second kappa shape index (κ2) is 12.6. The molecule has 34 heavy (non-hydrogen) atoms. The number of anilines is 1. The van der Waals surface area contributed by atoms with Gasteiger partial charge in [0.2, 0.25) is 11.8 Å². The zero-order chi connectivity index (χ0) is 24.5. The van der Waals surface area contributed by atoms with Crippen LogP contribution in [-0.2, 0) is 22.7 Å². The number of allylic oxidation sites excluding steroid dienone is 1. The van der Waals surface area contributed by atoms with E-state index in [2.05, 4.69) is 27.4 Å². The van der Waals surface area contributed by atoms with Gasteiger partial charge in [-0.25, -0.2) is 0 Å². The van der Waals surface area contributed by atoms with Crippen molar-refractivity contribution in [3.8, 4) is 0 Å². The molecule has 0 unspecified atom stereocenters. The van der Waals surface area contributed by atoms with E-state index in [-0.39, 0.29) is 24.1 Å². The zero-order valence-electron chi connectivity index (χ0n) is 17.8. The van der Waals surface area contributed by atoms with Gasteiger partial charge < -0.3 is 15.2 Å². The number of amides is 2. The highest BCUT2D eigenvalue weighted by Crippen LogP contribution is 2.26. The summed E-state index contributed by atoms with van der Waals surface area (Å²) in [6.45, 7) is 4.32. The molecule has 1 heterocycles. The Balaban J connectivity index is 1.58. The highest BCUT2D eigenvalue weighted by atomic mass is 35.5. The predicted molar refractivity (Wildman–Crippen MR) is 138 cm³/mol. The van der Waals surface area contributed by atoms with Gasteiger partial charge in [-0.15, -0.1) is 16.8 Å². The van der Waals surface area contributed by atoms with Crippen LogP contribution in [0.4, 0.5) is 5.69 Å². The largest absolute Gasteiger partial charge is 0.345 e.